The average Bonchev–Trinajstić information content (AvgIpc) is 2.74. The molecule has 0 spiro atoms. The van der Waals surface area contributed by atoms with Crippen molar-refractivity contribution in [3.8, 4) is 11.3 Å². The van der Waals surface area contributed by atoms with Crippen molar-refractivity contribution in [2.45, 2.75) is 6.92 Å². The number of hydrogen-bond acceptors (Lipinski definition) is 2. The molecule has 3 heteroatoms. The smallest absolute Gasteiger partial charge is 0.154 e. The monoisotopic (exact) mass is 209 g/mol. The number of benzene rings is 1. The summed E-state index contributed by atoms with van der Waals surface area (Å²) in [7, 11) is 0. The molecule has 0 unspecified atom stereocenters. The number of rotatable bonds is 1. The van der Waals surface area contributed by atoms with Crippen molar-refractivity contribution in [3.63, 3.8) is 0 Å². The molecule has 3 rings (SSSR count). The third kappa shape index (κ3) is 1.37. The Hall–Kier alpha value is -2.16. The van der Waals surface area contributed by atoms with Crippen LogP contribution in [0.3, 0.4) is 0 Å². The highest BCUT2D eigenvalue weighted by Gasteiger charge is 2.05. The molecule has 3 nitrogen and oxygen atoms in total. The third-order valence-electron chi connectivity index (χ3n) is 2.63. The molecule has 0 aliphatic heterocycles. The second-order valence-corrected chi connectivity index (χ2v) is 3.80. The molecule has 0 amide bonds. The maximum absolute atomic E-state index is 4.32. The van der Waals surface area contributed by atoms with Crippen LogP contribution in [0.25, 0.3) is 16.9 Å². The largest absolute Gasteiger partial charge is 0.235 e. The zero-order valence-corrected chi connectivity index (χ0v) is 8.96. The van der Waals surface area contributed by atoms with Gasteiger partial charge in [0, 0.05) is 11.8 Å². The lowest BCUT2D eigenvalue weighted by Gasteiger charge is -2.00. The molecule has 0 bridgehead atoms. The van der Waals surface area contributed by atoms with Crippen LogP contribution in [0.2, 0.25) is 0 Å². The van der Waals surface area contributed by atoms with Gasteiger partial charge in [-0.3, -0.25) is 0 Å². The second kappa shape index (κ2) is 3.45. The zero-order valence-electron chi connectivity index (χ0n) is 8.96. The summed E-state index contributed by atoms with van der Waals surface area (Å²) in [6.07, 6.45) is 3.62. The number of imidazole rings is 1. The van der Waals surface area contributed by atoms with E-state index in [-0.39, 0.29) is 0 Å². The highest BCUT2D eigenvalue weighted by molar-refractivity contribution is 5.62. The first kappa shape index (κ1) is 9.09. The Labute approximate surface area is 93.4 Å². The fraction of sp³-hybridized carbons (Fsp3) is 0.0769. The number of fused-ring (bicyclic) bond motifs is 1. The fourth-order valence-corrected chi connectivity index (χ4v) is 1.75. The molecule has 0 radical (unpaired) electrons. The van der Waals surface area contributed by atoms with Crippen molar-refractivity contribution in [2.75, 3.05) is 0 Å². The number of hydrogen-bond donors (Lipinski definition) is 0. The van der Waals surface area contributed by atoms with Crippen LogP contribution in [0.4, 0.5) is 0 Å². The van der Waals surface area contributed by atoms with E-state index in [0.717, 1.165) is 16.9 Å². The highest BCUT2D eigenvalue weighted by atomic mass is 15.2. The Morgan fingerprint density at radius 1 is 1.06 bits per heavy atom. The molecule has 3 aromatic rings. The first-order chi connectivity index (χ1) is 7.84. The van der Waals surface area contributed by atoms with Crippen molar-refractivity contribution in [1.82, 2.24) is 14.6 Å². The van der Waals surface area contributed by atoms with Crippen LogP contribution in [0.1, 0.15) is 5.56 Å². The Morgan fingerprint density at radius 3 is 2.69 bits per heavy atom. The fourth-order valence-electron chi connectivity index (χ4n) is 1.75. The molecule has 0 aliphatic carbocycles. The Balaban J connectivity index is 2.22. The summed E-state index contributed by atoms with van der Waals surface area (Å²) in [5.74, 6) is 0. The van der Waals surface area contributed by atoms with E-state index in [9.17, 15) is 0 Å². The summed E-state index contributed by atoms with van der Waals surface area (Å²) in [5, 5.41) is 4.29. The van der Waals surface area contributed by atoms with E-state index in [1.54, 1.807) is 6.20 Å². The quantitative estimate of drug-likeness (QED) is 0.616. The normalized spacial score (nSPS) is 10.8. The number of nitrogens with zero attached hydrogens (tertiary/aromatic N) is 3. The van der Waals surface area contributed by atoms with E-state index < -0.39 is 0 Å². The van der Waals surface area contributed by atoms with E-state index in [2.05, 4.69) is 41.3 Å². The standard InChI is InChI=1S/C13H11N3/c1-10-4-6-11(7-5-10)12-9-14-13-3-2-8-15-16(12)13/h2-9H,1H3. The van der Waals surface area contributed by atoms with Crippen LogP contribution in [0.15, 0.2) is 48.8 Å². The molecule has 1 aromatic carbocycles. The van der Waals surface area contributed by atoms with Gasteiger partial charge in [0.25, 0.3) is 0 Å². The van der Waals surface area contributed by atoms with Gasteiger partial charge in [-0.2, -0.15) is 5.10 Å². The predicted octanol–water partition coefficient (Wildman–Crippen LogP) is 2.70. The van der Waals surface area contributed by atoms with Crippen LogP contribution >= 0.6 is 0 Å². The lowest BCUT2D eigenvalue weighted by Crippen LogP contribution is -1.92. The van der Waals surface area contributed by atoms with Crippen molar-refractivity contribution in [2.24, 2.45) is 0 Å². The third-order valence-corrected chi connectivity index (χ3v) is 2.63. The first-order valence-corrected chi connectivity index (χ1v) is 5.20. The van der Waals surface area contributed by atoms with Gasteiger partial charge in [-0.1, -0.05) is 29.8 Å². The van der Waals surface area contributed by atoms with Crippen LogP contribution in [-0.4, -0.2) is 14.6 Å². The van der Waals surface area contributed by atoms with E-state index in [4.69, 9.17) is 0 Å². The molecular formula is C13H11N3. The van der Waals surface area contributed by atoms with Crippen molar-refractivity contribution in [3.05, 3.63) is 54.4 Å². The summed E-state index contributed by atoms with van der Waals surface area (Å²) >= 11 is 0. The minimum absolute atomic E-state index is 0.873. The molecule has 2 heterocycles. The molecule has 0 fully saturated rings. The molecular weight excluding hydrogens is 198 g/mol. The van der Waals surface area contributed by atoms with Crippen molar-refractivity contribution in [1.29, 1.82) is 0 Å². The Bertz CT molecular complexity index is 623. The topological polar surface area (TPSA) is 30.2 Å². The minimum atomic E-state index is 0.873. The van der Waals surface area contributed by atoms with Crippen LogP contribution in [0.5, 0.6) is 0 Å². The lowest BCUT2D eigenvalue weighted by atomic mass is 10.1. The highest BCUT2D eigenvalue weighted by Crippen LogP contribution is 2.19. The van der Waals surface area contributed by atoms with Gasteiger partial charge < -0.3 is 0 Å². The van der Waals surface area contributed by atoms with Crippen molar-refractivity contribution >= 4 is 5.65 Å². The van der Waals surface area contributed by atoms with Gasteiger partial charge in [0.2, 0.25) is 0 Å². The summed E-state index contributed by atoms with van der Waals surface area (Å²) in [6.45, 7) is 2.08. The molecule has 0 N–H and O–H groups in total. The van der Waals surface area contributed by atoms with E-state index in [1.807, 2.05) is 22.8 Å². The summed E-state index contributed by atoms with van der Waals surface area (Å²) in [5.41, 5.74) is 4.29. The second-order valence-electron chi connectivity index (χ2n) is 3.80. The van der Waals surface area contributed by atoms with Gasteiger partial charge in [0.1, 0.15) is 0 Å². The zero-order chi connectivity index (χ0) is 11.0. The maximum Gasteiger partial charge on any atom is 0.154 e. The molecule has 16 heavy (non-hydrogen) atoms. The van der Waals surface area contributed by atoms with Gasteiger partial charge in [-0.15, -0.1) is 0 Å². The molecule has 0 saturated carbocycles. The van der Waals surface area contributed by atoms with Crippen molar-refractivity contribution < 1.29 is 0 Å². The van der Waals surface area contributed by atoms with E-state index in [0.29, 0.717) is 0 Å². The van der Waals surface area contributed by atoms with Gasteiger partial charge in [0.15, 0.2) is 5.65 Å². The Kier molecular flexibility index (Phi) is 1.96. The summed E-state index contributed by atoms with van der Waals surface area (Å²) in [4.78, 5) is 4.32. The summed E-state index contributed by atoms with van der Waals surface area (Å²) < 4.78 is 1.85. The van der Waals surface area contributed by atoms with Crippen LogP contribution < -0.4 is 0 Å². The van der Waals surface area contributed by atoms with Gasteiger partial charge >= 0.3 is 0 Å². The first-order valence-electron chi connectivity index (χ1n) is 5.20. The molecule has 78 valence electrons. The number of aromatic nitrogens is 3. The van der Waals surface area contributed by atoms with E-state index in [1.165, 1.54) is 5.56 Å². The van der Waals surface area contributed by atoms with Gasteiger partial charge in [0.05, 0.1) is 11.9 Å². The molecule has 0 saturated heterocycles. The van der Waals surface area contributed by atoms with Gasteiger partial charge in [-0.05, 0) is 19.1 Å². The Morgan fingerprint density at radius 2 is 1.88 bits per heavy atom. The van der Waals surface area contributed by atoms with Gasteiger partial charge in [-0.25, -0.2) is 9.50 Å². The SMILES string of the molecule is Cc1ccc(-c2cnc3cccnn23)cc1. The molecule has 2 aromatic heterocycles. The van der Waals surface area contributed by atoms with E-state index >= 15 is 0 Å². The summed E-state index contributed by atoms with van der Waals surface area (Å²) in [6, 6.07) is 12.2. The predicted molar refractivity (Wildman–Crippen MR) is 63.2 cm³/mol. The lowest BCUT2D eigenvalue weighted by molar-refractivity contribution is 0.942. The van der Waals surface area contributed by atoms with Crippen LogP contribution in [-0.2, 0) is 0 Å². The maximum atomic E-state index is 4.32. The van der Waals surface area contributed by atoms with Crippen LogP contribution in [0, 0.1) is 6.92 Å². The average molecular weight is 209 g/mol. The molecule has 0 aliphatic rings. The minimum Gasteiger partial charge on any atom is -0.235 e. The number of aryl methyl sites for hydroxylation is 1. The molecule has 0 atom stereocenters.